The number of carbonyl (C=O) groups is 1. The van der Waals surface area contributed by atoms with Gasteiger partial charge in [0.05, 0.1) is 0 Å². The monoisotopic (exact) mass is 292 g/mol. The van der Waals surface area contributed by atoms with Gasteiger partial charge in [0.25, 0.3) is 5.91 Å². The molecule has 1 amide bonds. The molecular formula is C17H25FN2O. The molecule has 1 fully saturated rings. The van der Waals surface area contributed by atoms with E-state index in [1.807, 2.05) is 0 Å². The Morgan fingerprint density at radius 1 is 1.19 bits per heavy atom. The maximum absolute atomic E-state index is 13.0. The van der Waals surface area contributed by atoms with Crippen molar-refractivity contribution >= 4 is 5.91 Å². The highest BCUT2D eigenvalue weighted by Gasteiger charge is 2.12. The van der Waals surface area contributed by atoms with Crippen molar-refractivity contribution in [3.05, 3.63) is 35.1 Å². The number of carbonyl (C=O) groups excluding carboxylic acids is 1. The molecule has 0 atom stereocenters. The topological polar surface area (TPSA) is 41.1 Å². The zero-order valence-corrected chi connectivity index (χ0v) is 12.8. The second-order valence-electron chi connectivity index (χ2n) is 5.86. The van der Waals surface area contributed by atoms with Gasteiger partial charge in [0.1, 0.15) is 5.82 Å². The summed E-state index contributed by atoms with van der Waals surface area (Å²) in [6.45, 7) is 3.14. The Bertz CT molecular complexity index is 468. The predicted octanol–water partition coefficient (Wildman–Crippen LogP) is 3.18. The van der Waals surface area contributed by atoms with Crippen LogP contribution in [-0.2, 0) is 0 Å². The van der Waals surface area contributed by atoms with Crippen molar-refractivity contribution in [3.8, 4) is 0 Å². The lowest BCUT2D eigenvalue weighted by atomic mass is 10.1. The first-order valence-electron chi connectivity index (χ1n) is 7.94. The van der Waals surface area contributed by atoms with Crippen molar-refractivity contribution in [2.45, 2.75) is 51.5 Å². The molecule has 2 rings (SSSR count). The average molecular weight is 292 g/mol. The van der Waals surface area contributed by atoms with E-state index in [1.165, 1.54) is 50.7 Å². The molecule has 1 aromatic rings. The van der Waals surface area contributed by atoms with Crippen LogP contribution in [0, 0.1) is 12.7 Å². The third-order valence-corrected chi connectivity index (χ3v) is 4.13. The van der Waals surface area contributed by atoms with Gasteiger partial charge < -0.3 is 10.6 Å². The Morgan fingerprint density at radius 2 is 1.90 bits per heavy atom. The van der Waals surface area contributed by atoms with Crippen LogP contribution in [0.25, 0.3) is 0 Å². The minimum absolute atomic E-state index is 0.129. The van der Waals surface area contributed by atoms with Crippen molar-refractivity contribution in [2.24, 2.45) is 0 Å². The Balaban J connectivity index is 1.71. The zero-order chi connectivity index (χ0) is 15.1. The molecule has 2 N–H and O–H groups in total. The minimum Gasteiger partial charge on any atom is -0.351 e. The van der Waals surface area contributed by atoms with Crippen LogP contribution in [0.3, 0.4) is 0 Å². The molecule has 0 bridgehead atoms. The molecule has 0 aromatic heterocycles. The summed E-state index contributed by atoms with van der Waals surface area (Å²) < 4.78 is 13.0. The van der Waals surface area contributed by atoms with Crippen LogP contribution in [-0.4, -0.2) is 25.0 Å². The Morgan fingerprint density at radius 3 is 2.57 bits per heavy atom. The fourth-order valence-electron chi connectivity index (χ4n) is 2.91. The number of hydrogen-bond acceptors (Lipinski definition) is 2. The largest absolute Gasteiger partial charge is 0.351 e. The SMILES string of the molecule is Cc1cc(F)ccc1C(=O)NCCNC1CCCCCC1. The summed E-state index contributed by atoms with van der Waals surface area (Å²) in [7, 11) is 0. The molecule has 4 heteroatoms. The predicted molar refractivity (Wildman–Crippen MR) is 83.0 cm³/mol. The lowest BCUT2D eigenvalue weighted by Gasteiger charge is -2.16. The van der Waals surface area contributed by atoms with E-state index in [4.69, 9.17) is 0 Å². The summed E-state index contributed by atoms with van der Waals surface area (Å²) in [6.07, 6.45) is 7.78. The van der Waals surface area contributed by atoms with Gasteiger partial charge in [0.2, 0.25) is 0 Å². The first-order chi connectivity index (χ1) is 10.2. The average Bonchev–Trinajstić information content (AvgIpc) is 2.72. The van der Waals surface area contributed by atoms with Gasteiger partial charge in [-0.25, -0.2) is 4.39 Å². The van der Waals surface area contributed by atoms with Crippen LogP contribution in [0.15, 0.2) is 18.2 Å². The van der Waals surface area contributed by atoms with Crippen LogP contribution in [0.4, 0.5) is 4.39 Å². The molecule has 1 saturated carbocycles. The van der Waals surface area contributed by atoms with E-state index >= 15 is 0 Å². The molecule has 0 aliphatic heterocycles. The number of rotatable bonds is 5. The number of halogens is 1. The number of nitrogens with one attached hydrogen (secondary N) is 2. The summed E-state index contributed by atoms with van der Waals surface area (Å²) in [5.41, 5.74) is 1.22. The highest BCUT2D eigenvalue weighted by Crippen LogP contribution is 2.16. The molecule has 21 heavy (non-hydrogen) atoms. The van der Waals surface area contributed by atoms with E-state index in [-0.39, 0.29) is 11.7 Å². The molecular weight excluding hydrogens is 267 g/mol. The van der Waals surface area contributed by atoms with Crippen LogP contribution in [0.5, 0.6) is 0 Å². The van der Waals surface area contributed by atoms with Gasteiger partial charge in [-0.2, -0.15) is 0 Å². The standard InChI is InChI=1S/C17H25FN2O/c1-13-12-14(18)8-9-16(13)17(21)20-11-10-19-15-6-4-2-3-5-7-15/h8-9,12,15,19H,2-7,10-11H2,1H3,(H,20,21). The number of hydrogen-bond donors (Lipinski definition) is 2. The summed E-state index contributed by atoms with van der Waals surface area (Å²) in [6, 6.07) is 4.85. The first-order valence-corrected chi connectivity index (χ1v) is 7.94. The molecule has 0 radical (unpaired) electrons. The van der Waals surface area contributed by atoms with Gasteiger partial charge in [0, 0.05) is 24.7 Å². The molecule has 1 aromatic carbocycles. The fraction of sp³-hybridized carbons (Fsp3) is 0.588. The van der Waals surface area contributed by atoms with Gasteiger partial charge in [-0.1, -0.05) is 25.7 Å². The Hall–Kier alpha value is -1.42. The van der Waals surface area contributed by atoms with E-state index in [1.54, 1.807) is 13.0 Å². The molecule has 0 spiro atoms. The summed E-state index contributed by atoms with van der Waals surface area (Å²) in [4.78, 5) is 12.0. The minimum atomic E-state index is -0.306. The van der Waals surface area contributed by atoms with E-state index in [0.717, 1.165) is 6.54 Å². The molecule has 1 aliphatic rings. The summed E-state index contributed by atoms with van der Waals surface area (Å²) >= 11 is 0. The second-order valence-corrected chi connectivity index (χ2v) is 5.86. The maximum atomic E-state index is 13.0. The van der Waals surface area contributed by atoms with Gasteiger partial charge in [-0.3, -0.25) is 4.79 Å². The molecule has 0 heterocycles. The third-order valence-electron chi connectivity index (χ3n) is 4.13. The lowest BCUT2D eigenvalue weighted by molar-refractivity contribution is 0.0953. The van der Waals surface area contributed by atoms with Crippen molar-refractivity contribution in [1.82, 2.24) is 10.6 Å². The summed E-state index contributed by atoms with van der Waals surface area (Å²) in [5, 5.41) is 6.41. The second kappa shape index (κ2) is 8.13. The molecule has 3 nitrogen and oxygen atoms in total. The molecule has 0 unspecified atom stereocenters. The zero-order valence-electron chi connectivity index (χ0n) is 12.8. The quantitative estimate of drug-likeness (QED) is 0.646. The Kier molecular flexibility index (Phi) is 6.18. The normalized spacial score (nSPS) is 16.5. The number of aryl methyl sites for hydroxylation is 1. The van der Waals surface area contributed by atoms with Crippen molar-refractivity contribution < 1.29 is 9.18 Å². The van der Waals surface area contributed by atoms with Gasteiger partial charge in [-0.15, -0.1) is 0 Å². The van der Waals surface area contributed by atoms with Crippen LogP contribution in [0.2, 0.25) is 0 Å². The summed E-state index contributed by atoms with van der Waals surface area (Å²) in [5.74, 6) is -0.436. The van der Waals surface area contributed by atoms with Gasteiger partial charge in [0.15, 0.2) is 0 Å². The van der Waals surface area contributed by atoms with E-state index in [2.05, 4.69) is 10.6 Å². The highest BCUT2D eigenvalue weighted by molar-refractivity contribution is 5.95. The van der Waals surface area contributed by atoms with E-state index in [9.17, 15) is 9.18 Å². The van der Waals surface area contributed by atoms with Crippen molar-refractivity contribution in [1.29, 1.82) is 0 Å². The number of amides is 1. The fourth-order valence-corrected chi connectivity index (χ4v) is 2.91. The van der Waals surface area contributed by atoms with Crippen molar-refractivity contribution in [2.75, 3.05) is 13.1 Å². The lowest BCUT2D eigenvalue weighted by Crippen LogP contribution is -2.37. The van der Waals surface area contributed by atoms with E-state index in [0.29, 0.717) is 23.7 Å². The van der Waals surface area contributed by atoms with E-state index < -0.39 is 0 Å². The maximum Gasteiger partial charge on any atom is 0.251 e. The Labute approximate surface area is 126 Å². The van der Waals surface area contributed by atoms with Gasteiger partial charge in [-0.05, 0) is 43.5 Å². The third kappa shape index (κ3) is 5.12. The van der Waals surface area contributed by atoms with Gasteiger partial charge >= 0.3 is 0 Å². The van der Waals surface area contributed by atoms with Crippen LogP contribution in [0.1, 0.15) is 54.4 Å². The molecule has 116 valence electrons. The molecule has 1 aliphatic carbocycles. The van der Waals surface area contributed by atoms with Crippen LogP contribution < -0.4 is 10.6 Å². The van der Waals surface area contributed by atoms with Crippen LogP contribution >= 0.6 is 0 Å². The van der Waals surface area contributed by atoms with Crippen molar-refractivity contribution in [3.63, 3.8) is 0 Å². The number of benzene rings is 1. The highest BCUT2D eigenvalue weighted by atomic mass is 19.1. The first kappa shape index (κ1) is 16.0. The molecule has 0 saturated heterocycles. The smallest absolute Gasteiger partial charge is 0.251 e.